The first-order chi connectivity index (χ1) is 6.69. The molecule has 0 aliphatic carbocycles. The van der Waals surface area contributed by atoms with Crippen molar-refractivity contribution < 1.29 is 0 Å². The Bertz CT molecular complexity index is 284. The van der Waals surface area contributed by atoms with Gasteiger partial charge in [0.2, 0.25) is 0 Å². The van der Waals surface area contributed by atoms with E-state index in [0.29, 0.717) is 0 Å². The summed E-state index contributed by atoms with van der Waals surface area (Å²) in [6, 6.07) is 0. The molecule has 1 unspecified atom stereocenters. The number of alkyl halides is 1. The maximum absolute atomic E-state index is 4.12. The molecule has 0 aliphatic rings. The minimum Gasteiger partial charge on any atom is -0.309 e. The van der Waals surface area contributed by atoms with Crippen LogP contribution in [0.4, 0.5) is 0 Å². The monoisotopic (exact) mass is 277 g/mol. The van der Waals surface area contributed by atoms with Crippen molar-refractivity contribution in [2.75, 3.05) is 11.1 Å². The van der Waals surface area contributed by atoms with Crippen LogP contribution < -0.4 is 0 Å². The molecule has 0 amide bonds. The Hall–Kier alpha value is -0.0300. The van der Waals surface area contributed by atoms with Crippen molar-refractivity contribution in [1.29, 1.82) is 0 Å². The molecule has 0 aliphatic heterocycles. The van der Waals surface area contributed by atoms with Crippen molar-refractivity contribution in [1.82, 2.24) is 14.8 Å². The molecule has 1 heterocycles. The number of aryl methyl sites for hydroxylation is 1. The van der Waals surface area contributed by atoms with Gasteiger partial charge in [0, 0.05) is 18.1 Å². The molecule has 80 valence electrons. The lowest BCUT2D eigenvalue weighted by Crippen LogP contribution is -2.04. The van der Waals surface area contributed by atoms with Gasteiger partial charge in [0.1, 0.15) is 5.82 Å². The van der Waals surface area contributed by atoms with Gasteiger partial charge in [-0.05, 0) is 12.8 Å². The molecule has 0 fully saturated rings. The summed E-state index contributed by atoms with van der Waals surface area (Å²) in [6.45, 7) is 4.19. The third-order valence-electron chi connectivity index (χ3n) is 2.30. The molecule has 0 aromatic carbocycles. The summed E-state index contributed by atoms with van der Waals surface area (Å²) in [7, 11) is 2.01. The van der Waals surface area contributed by atoms with Crippen molar-refractivity contribution >= 4 is 27.7 Å². The van der Waals surface area contributed by atoms with Gasteiger partial charge in [0.25, 0.3) is 0 Å². The minimum atomic E-state index is 0.719. The summed E-state index contributed by atoms with van der Waals surface area (Å²) < 4.78 is 2.03. The zero-order valence-corrected chi connectivity index (χ0v) is 11.2. The van der Waals surface area contributed by atoms with Gasteiger partial charge in [-0.1, -0.05) is 41.0 Å². The van der Waals surface area contributed by atoms with E-state index in [1.165, 1.54) is 6.42 Å². The highest BCUT2D eigenvalue weighted by Crippen LogP contribution is 2.21. The molecule has 0 bridgehead atoms. The molecule has 3 nitrogen and oxygen atoms in total. The number of thioether (sulfide) groups is 1. The van der Waals surface area contributed by atoms with Gasteiger partial charge < -0.3 is 4.57 Å². The Morgan fingerprint density at radius 1 is 1.50 bits per heavy atom. The highest BCUT2D eigenvalue weighted by molar-refractivity contribution is 9.09. The number of rotatable bonds is 5. The molecule has 0 N–H and O–H groups in total. The van der Waals surface area contributed by atoms with Gasteiger partial charge >= 0.3 is 0 Å². The zero-order chi connectivity index (χ0) is 10.6. The number of hydrogen-bond donors (Lipinski definition) is 0. The van der Waals surface area contributed by atoms with E-state index in [2.05, 4.69) is 33.1 Å². The SMILES string of the molecule is CCC(CBr)CSc1nnc(C)n1C. The van der Waals surface area contributed by atoms with Gasteiger partial charge in [0.15, 0.2) is 5.16 Å². The highest BCUT2D eigenvalue weighted by atomic mass is 79.9. The smallest absolute Gasteiger partial charge is 0.190 e. The second-order valence-corrected chi connectivity index (χ2v) is 4.96. The summed E-state index contributed by atoms with van der Waals surface area (Å²) in [6.07, 6.45) is 1.20. The van der Waals surface area contributed by atoms with Crippen LogP contribution in [0.1, 0.15) is 19.2 Å². The quantitative estimate of drug-likeness (QED) is 0.613. The Labute approximate surface area is 97.8 Å². The first kappa shape index (κ1) is 12.0. The van der Waals surface area contributed by atoms with E-state index in [-0.39, 0.29) is 0 Å². The Morgan fingerprint density at radius 3 is 2.64 bits per heavy atom. The summed E-state index contributed by atoms with van der Waals surface area (Å²) in [5.74, 6) is 2.80. The Balaban J connectivity index is 2.49. The molecule has 1 aromatic heterocycles. The van der Waals surface area contributed by atoms with Crippen LogP contribution in [0.3, 0.4) is 0 Å². The number of aromatic nitrogens is 3. The predicted molar refractivity (Wildman–Crippen MR) is 64.0 cm³/mol. The molecule has 5 heteroatoms. The van der Waals surface area contributed by atoms with E-state index < -0.39 is 0 Å². The maximum atomic E-state index is 4.12. The minimum absolute atomic E-state index is 0.719. The van der Waals surface area contributed by atoms with Gasteiger partial charge in [-0.2, -0.15) is 0 Å². The summed E-state index contributed by atoms with van der Waals surface area (Å²) >= 11 is 5.30. The molecule has 0 radical (unpaired) electrons. The van der Waals surface area contributed by atoms with E-state index >= 15 is 0 Å². The molecule has 0 saturated carbocycles. The largest absolute Gasteiger partial charge is 0.309 e. The average Bonchev–Trinajstić information content (AvgIpc) is 2.51. The molecule has 1 atom stereocenters. The molecule has 1 aromatic rings. The second-order valence-electron chi connectivity index (χ2n) is 3.33. The highest BCUT2D eigenvalue weighted by Gasteiger charge is 2.09. The summed E-state index contributed by atoms with van der Waals surface area (Å²) in [5.41, 5.74) is 0. The lowest BCUT2D eigenvalue weighted by atomic mass is 10.2. The molecule has 0 spiro atoms. The topological polar surface area (TPSA) is 30.7 Å². The predicted octanol–water partition coefficient (Wildman–Crippen LogP) is 2.64. The lowest BCUT2D eigenvalue weighted by molar-refractivity contribution is 0.649. The first-order valence-corrected chi connectivity index (χ1v) is 6.84. The summed E-state index contributed by atoms with van der Waals surface area (Å²) in [5, 5.41) is 10.2. The molecule has 1 rings (SSSR count). The van der Waals surface area contributed by atoms with Gasteiger partial charge in [-0.3, -0.25) is 0 Å². The molecule has 0 saturated heterocycles. The van der Waals surface area contributed by atoms with Crippen molar-refractivity contribution in [2.45, 2.75) is 25.4 Å². The van der Waals surface area contributed by atoms with Crippen LogP contribution in [0.2, 0.25) is 0 Å². The number of hydrogen-bond acceptors (Lipinski definition) is 3. The lowest BCUT2D eigenvalue weighted by Gasteiger charge is -2.09. The van der Waals surface area contributed by atoms with E-state index in [0.717, 1.165) is 28.0 Å². The average molecular weight is 278 g/mol. The van der Waals surface area contributed by atoms with Crippen LogP contribution in [0.5, 0.6) is 0 Å². The van der Waals surface area contributed by atoms with Crippen molar-refractivity contribution in [3.05, 3.63) is 5.82 Å². The van der Waals surface area contributed by atoms with Crippen LogP contribution >= 0.6 is 27.7 Å². The van der Waals surface area contributed by atoms with Crippen LogP contribution in [0.25, 0.3) is 0 Å². The van der Waals surface area contributed by atoms with Crippen molar-refractivity contribution in [2.24, 2.45) is 13.0 Å². The fourth-order valence-corrected chi connectivity index (χ4v) is 3.13. The van der Waals surface area contributed by atoms with Crippen LogP contribution in [-0.4, -0.2) is 25.8 Å². The standard InChI is InChI=1S/C9H16BrN3S/c1-4-8(5-10)6-14-9-12-11-7(2)13(9)3/h8H,4-6H2,1-3H3. The number of nitrogens with zero attached hydrogens (tertiary/aromatic N) is 3. The maximum Gasteiger partial charge on any atom is 0.190 e. The Kier molecular flexibility index (Phi) is 4.95. The number of halogens is 1. The van der Waals surface area contributed by atoms with E-state index in [4.69, 9.17) is 0 Å². The fourth-order valence-electron chi connectivity index (χ4n) is 0.977. The third-order valence-corrected chi connectivity index (χ3v) is 4.46. The first-order valence-electron chi connectivity index (χ1n) is 4.73. The molecular formula is C9H16BrN3S. The molecule has 14 heavy (non-hydrogen) atoms. The van der Waals surface area contributed by atoms with Crippen molar-refractivity contribution in [3.8, 4) is 0 Å². The van der Waals surface area contributed by atoms with Crippen LogP contribution in [-0.2, 0) is 7.05 Å². The molecular weight excluding hydrogens is 262 g/mol. The zero-order valence-electron chi connectivity index (χ0n) is 8.83. The van der Waals surface area contributed by atoms with Crippen LogP contribution in [0, 0.1) is 12.8 Å². The van der Waals surface area contributed by atoms with E-state index in [1.54, 1.807) is 11.8 Å². The van der Waals surface area contributed by atoms with Gasteiger partial charge in [0.05, 0.1) is 0 Å². The summed E-state index contributed by atoms with van der Waals surface area (Å²) in [4.78, 5) is 0. The van der Waals surface area contributed by atoms with Crippen LogP contribution in [0.15, 0.2) is 5.16 Å². The van der Waals surface area contributed by atoms with Gasteiger partial charge in [-0.25, -0.2) is 0 Å². The second kappa shape index (κ2) is 5.75. The third kappa shape index (κ3) is 2.98. The fraction of sp³-hybridized carbons (Fsp3) is 0.778. The van der Waals surface area contributed by atoms with E-state index in [9.17, 15) is 0 Å². The Morgan fingerprint density at radius 2 is 2.21 bits per heavy atom. The van der Waals surface area contributed by atoms with E-state index in [1.807, 2.05) is 18.5 Å². The van der Waals surface area contributed by atoms with Gasteiger partial charge in [-0.15, -0.1) is 10.2 Å². The normalized spacial score (nSPS) is 13.1. The van der Waals surface area contributed by atoms with Crippen molar-refractivity contribution in [3.63, 3.8) is 0 Å².